The van der Waals surface area contributed by atoms with Crippen molar-refractivity contribution in [2.75, 3.05) is 5.32 Å². The molecule has 2 aromatic heterocycles. The highest BCUT2D eigenvalue weighted by Crippen LogP contribution is 2.04. The predicted octanol–water partition coefficient (Wildman–Crippen LogP) is 1.25. The Kier molecular flexibility index (Phi) is 4.84. The Morgan fingerprint density at radius 2 is 1.96 bits per heavy atom. The monoisotopic (exact) mass is 340 g/mol. The van der Waals surface area contributed by atoms with Crippen LogP contribution in [0.25, 0.3) is 0 Å². The molecule has 25 heavy (non-hydrogen) atoms. The van der Waals surface area contributed by atoms with Gasteiger partial charge < -0.3 is 5.11 Å². The number of hydrogen-bond donors (Lipinski definition) is 2. The molecule has 2 heterocycles. The quantitative estimate of drug-likeness (QED) is 0.669. The third-order valence-electron chi connectivity index (χ3n) is 3.42. The van der Waals surface area contributed by atoms with Gasteiger partial charge in [-0.25, -0.2) is 14.5 Å². The van der Waals surface area contributed by atoms with Crippen LogP contribution < -0.4 is 5.32 Å². The van der Waals surface area contributed by atoms with Gasteiger partial charge in [0.15, 0.2) is 0 Å². The maximum absolute atomic E-state index is 11.9. The molecule has 128 valence electrons. The number of carboxylic acids is 1. The second-order valence-electron chi connectivity index (χ2n) is 5.35. The van der Waals surface area contributed by atoms with Crippen LogP contribution in [0.2, 0.25) is 0 Å². The molecule has 0 spiro atoms. The topological polar surface area (TPSA) is 115 Å². The van der Waals surface area contributed by atoms with Gasteiger partial charge in [-0.2, -0.15) is 5.10 Å². The van der Waals surface area contributed by atoms with Gasteiger partial charge in [-0.15, -0.1) is 5.10 Å². The molecule has 1 aromatic carbocycles. The van der Waals surface area contributed by atoms with Gasteiger partial charge in [0.1, 0.15) is 6.33 Å². The lowest BCUT2D eigenvalue weighted by atomic mass is 10.2. The van der Waals surface area contributed by atoms with Crippen molar-refractivity contribution >= 4 is 17.8 Å². The molecule has 0 fully saturated rings. The van der Waals surface area contributed by atoms with Crippen molar-refractivity contribution in [1.82, 2.24) is 24.5 Å². The van der Waals surface area contributed by atoms with Crippen LogP contribution in [0.4, 0.5) is 5.95 Å². The number of carboxylic acid groups (broad SMARTS) is 1. The van der Waals surface area contributed by atoms with Crippen molar-refractivity contribution in [3.63, 3.8) is 0 Å². The minimum absolute atomic E-state index is 0.0849. The fourth-order valence-electron chi connectivity index (χ4n) is 2.20. The molecule has 0 saturated carbocycles. The van der Waals surface area contributed by atoms with E-state index in [9.17, 15) is 9.59 Å². The molecule has 0 saturated heterocycles. The van der Waals surface area contributed by atoms with Crippen molar-refractivity contribution in [3.05, 3.63) is 60.2 Å². The molecule has 0 radical (unpaired) electrons. The number of nitrogens with one attached hydrogen (secondary N) is 1. The van der Waals surface area contributed by atoms with Crippen molar-refractivity contribution in [2.24, 2.45) is 0 Å². The summed E-state index contributed by atoms with van der Waals surface area (Å²) in [5, 5.41) is 19.5. The van der Waals surface area contributed by atoms with E-state index in [1.54, 1.807) is 11.0 Å². The molecule has 9 heteroatoms. The van der Waals surface area contributed by atoms with E-state index in [1.807, 2.05) is 30.3 Å². The van der Waals surface area contributed by atoms with E-state index in [2.05, 4.69) is 20.5 Å². The molecule has 0 atom stereocenters. The minimum atomic E-state index is -1.05. The molecule has 1 amide bonds. The van der Waals surface area contributed by atoms with Gasteiger partial charge in [0, 0.05) is 19.2 Å². The zero-order valence-electron chi connectivity index (χ0n) is 13.2. The van der Waals surface area contributed by atoms with Gasteiger partial charge >= 0.3 is 5.97 Å². The van der Waals surface area contributed by atoms with Crippen LogP contribution in [0.1, 0.15) is 22.3 Å². The van der Waals surface area contributed by atoms with Crippen LogP contribution in [-0.2, 0) is 17.9 Å². The number of aromatic nitrogens is 5. The van der Waals surface area contributed by atoms with E-state index in [4.69, 9.17) is 5.11 Å². The Balaban J connectivity index is 1.50. The van der Waals surface area contributed by atoms with Crippen molar-refractivity contribution < 1.29 is 14.7 Å². The summed E-state index contributed by atoms with van der Waals surface area (Å²) in [6.07, 6.45) is 4.30. The molecular formula is C16H16N6O3. The van der Waals surface area contributed by atoms with Crippen LogP contribution in [0.5, 0.6) is 0 Å². The first-order valence-corrected chi connectivity index (χ1v) is 7.59. The number of nitrogens with zero attached hydrogens (tertiary/aromatic N) is 5. The largest absolute Gasteiger partial charge is 0.478 e. The molecule has 0 bridgehead atoms. The molecule has 0 aliphatic carbocycles. The van der Waals surface area contributed by atoms with E-state index in [0.29, 0.717) is 6.54 Å². The summed E-state index contributed by atoms with van der Waals surface area (Å²) in [6, 6.07) is 9.79. The lowest BCUT2D eigenvalue weighted by Gasteiger charge is -2.02. The van der Waals surface area contributed by atoms with Crippen molar-refractivity contribution in [3.8, 4) is 0 Å². The third-order valence-corrected chi connectivity index (χ3v) is 3.42. The van der Waals surface area contributed by atoms with Gasteiger partial charge in [0.25, 0.3) is 0 Å². The highest BCUT2D eigenvalue weighted by atomic mass is 16.4. The SMILES string of the molecule is O=C(CCn1cc(C(=O)O)cn1)Nc1ncn(Cc2ccccc2)n1. The van der Waals surface area contributed by atoms with Crippen LogP contribution in [0.15, 0.2) is 49.1 Å². The average molecular weight is 340 g/mol. The Hall–Kier alpha value is -3.49. The molecule has 2 N–H and O–H groups in total. The van der Waals surface area contributed by atoms with Crippen LogP contribution in [0.3, 0.4) is 0 Å². The normalized spacial score (nSPS) is 10.6. The van der Waals surface area contributed by atoms with E-state index in [0.717, 1.165) is 5.56 Å². The summed E-state index contributed by atoms with van der Waals surface area (Å²) in [5.41, 5.74) is 1.17. The van der Waals surface area contributed by atoms with Crippen LogP contribution in [0, 0.1) is 0 Å². The number of benzene rings is 1. The number of amides is 1. The first-order chi connectivity index (χ1) is 12.1. The fraction of sp³-hybridized carbons (Fsp3) is 0.188. The molecule has 0 aliphatic rings. The summed E-state index contributed by atoms with van der Waals surface area (Å²) in [5.74, 6) is -1.10. The second-order valence-corrected chi connectivity index (χ2v) is 5.35. The summed E-state index contributed by atoms with van der Waals surface area (Å²) in [6.45, 7) is 0.832. The summed E-state index contributed by atoms with van der Waals surface area (Å²) in [4.78, 5) is 26.8. The lowest BCUT2D eigenvalue weighted by molar-refractivity contribution is -0.116. The fourth-order valence-corrected chi connectivity index (χ4v) is 2.20. The zero-order valence-corrected chi connectivity index (χ0v) is 13.2. The van der Waals surface area contributed by atoms with Crippen molar-refractivity contribution in [1.29, 1.82) is 0 Å². The molecule has 9 nitrogen and oxygen atoms in total. The van der Waals surface area contributed by atoms with Crippen LogP contribution >= 0.6 is 0 Å². The minimum Gasteiger partial charge on any atom is -0.478 e. The smallest absolute Gasteiger partial charge is 0.338 e. The molecule has 0 aliphatic heterocycles. The number of hydrogen-bond acceptors (Lipinski definition) is 5. The standard InChI is InChI=1S/C16H16N6O3/c23-14(6-7-21-10-13(8-18-21)15(24)25)19-16-17-11-22(20-16)9-12-4-2-1-3-5-12/h1-5,8,10-11H,6-7,9H2,(H,24,25)(H,19,20,23). The third kappa shape index (κ3) is 4.50. The Morgan fingerprint density at radius 3 is 2.68 bits per heavy atom. The summed E-state index contributed by atoms with van der Waals surface area (Å²) in [7, 11) is 0. The van der Waals surface area contributed by atoms with E-state index in [1.165, 1.54) is 17.1 Å². The highest BCUT2D eigenvalue weighted by Gasteiger charge is 2.09. The number of anilines is 1. The van der Waals surface area contributed by atoms with Gasteiger partial charge in [-0.3, -0.25) is 14.8 Å². The average Bonchev–Trinajstić information content (AvgIpc) is 3.23. The first-order valence-electron chi connectivity index (χ1n) is 7.59. The molecule has 3 aromatic rings. The molecule has 0 unspecified atom stereocenters. The molecular weight excluding hydrogens is 324 g/mol. The number of aromatic carboxylic acids is 1. The zero-order chi connectivity index (χ0) is 17.6. The Labute approximate surface area is 142 Å². The lowest BCUT2D eigenvalue weighted by Crippen LogP contribution is -2.16. The van der Waals surface area contributed by atoms with E-state index < -0.39 is 5.97 Å². The predicted molar refractivity (Wildman–Crippen MR) is 88.0 cm³/mol. The van der Waals surface area contributed by atoms with Crippen LogP contribution in [-0.4, -0.2) is 41.5 Å². The first kappa shape index (κ1) is 16.4. The second kappa shape index (κ2) is 7.39. The number of carbonyl (C=O) groups excluding carboxylic acids is 1. The van der Waals surface area contributed by atoms with E-state index >= 15 is 0 Å². The Bertz CT molecular complexity index is 871. The van der Waals surface area contributed by atoms with Gasteiger partial charge in [0.2, 0.25) is 11.9 Å². The number of carbonyl (C=O) groups is 2. The highest BCUT2D eigenvalue weighted by molar-refractivity contribution is 5.89. The maximum Gasteiger partial charge on any atom is 0.338 e. The molecule has 3 rings (SSSR count). The summed E-state index contributed by atoms with van der Waals surface area (Å²) < 4.78 is 3.04. The summed E-state index contributed by atoms with van der Waals surface area (Å²) >= 11 is 0. The van der Waals surface area contributed by atoms with Crippen molar-refractivity contribution in [2.45, 2.75) is 19.5 Å². The van der Waals surface area contributed by atoms with Gasteiger partial charge in [0.05, 0.1) is 18.3 Å². The van der Waals surface area contributed by atoms with E-state index in [-0.39, 0.29) is 30.4 Å². The number of aryl methyl sites for hydroxylation is 1. The Morgan fingerprint density at radius 1 is 1.16 bits per heavy atom. The van der Waals surface area contributed by atoms with Gasteiger partial charge in [-0.05, 0) is 5.56 Å². The number of rotatable bonds is 7. The maximum atomic E-state index is 11.9. The van der Waals surface area contributed by atoms with Gasteiger partial charge in [-0.1, -0.05) is 30.3 Å².